The first-order chi connectivity index (χ1) is 21.4. The van der Waals surface area contributed by atoms with Crippen molar-refractivity contribution in [3.63, 3.8) is 0 Å². The van der Waals surface area contributed by atoms with Crippen LogP contribution in [0.5, 0.6) is 0 Å². The Morgan fingerprint density at radius 3 is 2.33 bits per heavy atom. The van der Waals surface area contributed by atoms with Crippen molar-refractivity contribution < 1.29 is 19.1 Å². The van der Waals surface area contributed by atoms with Crippen molar-refractivity contribution in [2.45, 2.75) is 83.0 Å². The molecule has 4 bridgehead atoms. The van der Waals surface area contributed by atoms with E-state index >= 15 is 0 Å². The first-order valence-corrected chi connectivity index (χ1v) is 16.1. The number of likely N-dealkylation sites (tertiary alicyclic amines) is 1. The summed E-state index contributed by atoms with van der Waals surface area (Å²) in [5, 5.41) is 4.03. The number of amides is 3. The molecule has 0 aromatic carbocycles. The lowest BCUT2D eigenvalue weighted by Gasteiger charge is -2.41. The van der Waals surface area contributed by atoms with Crippen molar-refractivity contribution in [2.75, 3.05) is 32.5 Å². The Morgan fingerprint density at radius 2 is 1.73 bits per heavy atom. The number of nitrogens with one attached hydrogen (secondary N) is 1. The number of anilines is 2. The van der Waals surface area contributed by atoms with Crippen LogP contribution in [0.15, 0.2) is 30.6 Å². The second-order valence-electron chi connectivity index (χ2n) is 14.4. The van der Waals surface area contributed by atoms with E-state index < -0.39 is 5.60 Å². The number of hydrogen-bond donors (Lipinski definition) is 1. The molecule has 12 heteroatoms. The molecule has 238 valence electrons. The van der Waals surface area contributed by atoms with E-state index in [1.54, 1.807) is 43.5 Å². The molecule has 45 heavy (non-hydrogen) atoms. The molecule has 3 aromatic heterocycles. The first-order valence-electron chi connectivity index (χ1n) is 16.1. The van der Waals surface area contributed by atoms with Gasteiger partial charge in [-0.3, -0.25) is 14.5 Å². The third-order valence-electron chi connectivity index (χ3n) is 9.86. The van der Waals surface area contributed by atoms with Gasteiger partial charge in [-0.1, -0.05) is 6.42 Å². The summed E-state index contributed by atoms with van der Waals surface area (Å²) in [7, 11) is 3.55. The minimum atomic E-state index is -0.560. The number of nitrogens with zero attached hydrogens (tertiary/aromatic N) is 7. The van der Waals surface area contributed by atoms with E-state index in [0.29, 0.717) is 47.9 Å². The molecule has 12 nitrogen and oxygen atoms in total. The average Bonchev–Trinajstić information content (AvgIpc) is 3.77. The molecule has 2 saturated heterocycles. The molecule has 5 heterocycles. The van der Waals surface area contributed by atoms with Gasteiger partial charge in [-0.15, -0.1) is 0 Å². The standard InChI is InChI=1S/C33H42N8O4/c1-33(2,3)45-32(44)40-23-9-10-24(40)18-39(17-23)29(42)21-8-11-27(34-15-21)36-31-35-16-22-14-26(30(43)38(4)5)41(28(22)37-31)25-13-19-6-7-20(25)12-19/h8,11,14-16,19-20,23-25H,6-7,9-10,12-13,17-18H2,1-5H3,(H,34,35,36,37)/t19-,20+,23?,24?,25+/m0/s1. The third kappa shape index (κ3) is 5.48. The fraction of sp³-hybridized carbons (Fsp3) is 0.576. The van der Waals surface area contributed by atoms with E-state index in [1.165, 1.54) is 19.3 Å². The molecule has 2 unspecified atom stereocenters. The van der Waals surface area contributed by atoms with Gasteiger partial charge in [0.15, 0.2) is 0 Å². The van der Waals surface area contributed by atoms with Crippen LogP contribution in [0.2, 0.25) is 0 Å². The molecule has 0 spiro atoms. The van der Waals surface area contributed by atoms with Crippen LogP contribution in [-0.4, -0.2) is 97.0 Å². The van der Waals surface area contributed by atoms with E-state index in [2.05, 4.69) is 19.9 Å². The van der Waals surface area contributed by atoms with Gasteiger partial charge in [-0.25, -0.2) is 14.8 Å². The van der Waals surface area contributed by atoms with Crippen molar-refractivity contribution in [1.29, 1.82) is 0 Å². The molecule has 3 amide bonds. The van der Waals surface area contributed by atoms with Gasteiger partial charge >= 0.3 is 6.09 Å². The van der Waals surface area contributed by atoms with E-state index in [1.807, 2.05) is 36.6 Å². The SMILES string of the molecule is CN(C)C(=O)c1cc2cnc(Nc3ccc(C(=O)N4CC5CCC(C4)N5C(=O)OC(C)(C)C)cn3)nc2n1[C@@H]1C[C@H]2CC[C@@H]1C2. The maximum atomic E-state index is 13.4. The third-order valence-corrected chi connectivity index (χ3v) is 9.86. The Labute approximate surface area is 263 Å². The molecule has 3 aromatic rings. The van der Waals surface area contributed by atoms with Crippen LogP contribution < -0.4 is 5.32 Å². The number of fused-ring (bicyclic) bond motifs is 5. The van der Waals surface area contributed by atoms with Gasteiger partial charge in [0, 0.05) is 51.0 Å². The summed E-state index contributed by atoms with van der Waals surface area (Å²) in [6.45, 7) is 6.55. The summed E-state index contributed by atoms with van der Waals surface area (Å²) in [6.07, 6.45) is 9.48. The maximum absolute atomic E-state index is 13.4. The van der Waals surface area contributed by atoms with E-state index in [0.717, 1.165) is 30.3 Å². The summed E-state index contributed by atoms with van der Waals surface area (Å²) in [4.78, 5) is 58.6. The summed E-state index contributed by atoms with van der Waals surface area (Å²) < 4.78 is 7.78. The predicted octanol–water partition coefficient (Wildman–Crippen LogP) is 4.86. The first kappa shape index (κ1) is 29.5. The number of pyridine rings is 1. The summed E-state index contributed by atoms with van der Waals surface area (Å²) in [5.74, 6) is 2.04. The molecule has 5 atom stereocenters. The predicted molar refractivity (Wildman–Crippen MR) is 168 cm³/mol. The number of rotatable bonds is 5. The van der Waals surface area contributed by atoms with Gasteiger partial charge < -0.3 is 24.4 Å². The van der Waals surface area contributed by atoms with Gasteiger partial charge in [0.25, 0.3) is 11.8 Å². The zero-order chi connectivity index (χ0) is 31.6. The lowest BCUT2D eigenvalue weighted by atomic mass is 9.95. The van der Waals surface area contributed by atoms with Crippen LogP contribution in [0.1, 0.15) is 86.2 Å². The summed E-state index contributed by atoms with van der Waals surface area (Å²) in [6, 6.07) is 5.58. The molecular formula is C33H42N8O4. The van der Waals surface area contributed by atoms with Crippen LogP contribution in [0.3, 0.4) is 0 Å². The van der Waals surface area contributed by atoms with E-state index in [-0.39, 0.29) is 36.0 Å². The highest BCUT2D eigenvalue weighted by molar-refractivity contribution is 5.98. The van der Waals surface area contributed by atoms with Crippen molar-refractivity contribution in [2.24, 2.45) is 11.8 Å². The zero-order valence-electron chi connectivity index (χ0n) is 26.7. The Morgan fingerprint density at radius 1 is 0.978 bits per heavy atom. The Bertz CT molecular complexity index is 1630. The molecule has 1 N–H and O–H groups in total. The normalized spacial score (nSPS) is 25.6. The minimum absolute atomic E-state index is 0.0357. The van der Waals surface area contributed by atoms with Gasteiger partial charge in [-0.05, 0) is 82.9 Å². The number of carbonyl (C=O) groups is 3. The van der Waals surface area contributed by atoms with E-state index in [9.17, 15) is 14.4 Å². The molecule has 4 fully saturated rings. The van der Waals surface area contributed by atoms with Crippen LogP contribution in [0, 0.1) is 11.8 Å². The summed E-state index contributed by atoms with van der Waals surface area (Å²) >= 11 is 0. The smallest absolute Gasteiger partial charge is 0.410 e. The van der Waals surface area contributed by atoms with Crippen molar-refractivity contribution >= 4 is 40.7 Å². The van der Waals surface area contributed by atoms with Crippen LogP contribution in [-0.2, 0) is 4.74 Å². The van der Waals surface area contributed by atoms with Crippen molar-refractivity contribution in [3.8, 4) is 0 Å². The minimum Gasteiger partial charge on any atom is -0.444 e. The van der Waals surface area contributed by atoms with Gasteiger partial charge in [0.05, 0.1) is 17.6 Å². The highest BCUT2D eigenvalue weighted by Crippen LogP contribution is 2.52. The van der Waals surface area contributed by atoms with Gasteiger partial charge in [0.2, 0.25) is 5.95 Å². The lowest BCUT2D eigenvalue weighted by Crippen LogP contribution is -2.57. The topological polar surface area (TPSA) is 126 Å². The molecule has 0 radical (unpaired) electrons. The molecule has 2 saturated carbocycles. The van der Waals surface area contributed by atoms with Crippen molar-refractivity contribution in [1.82, 2.24) is 34.2 Å². The number of hydrogen-bond acceptors (Lipinski definition) is 8. The van der Waals surface area contributed by atoms with Crippen LogP contribution in [0.4, 0.5) is 16.6 Å². The highest BCUT2D eigenvalue weighted by Gasteiger charge is 2.46. The fourth-order valence-corrected chi connectivity index (χ4v) is 7.90. The van der Waals surface area contributed by atoms with Gasteiger partial charge in [-0.2, -0.15) is 4.98 Å². The van der Waals surface area contributed by atoms with E-state index in [4.69, 9.17) is 9.72 Å². The zero-order valence-corrected chi connectivity index (χ0v) is 26.7. The molecule has 2 aliphatic carbocycles. The molecular weight excluding hydrogens is 572 g/mol. The Hall–Kier alpha value is -4.22. The number of ether oxygens (including phenoxy) is 1. The Balaban J connectivity index is 1.07. The Kier molecular flexibility index (Phi) is 7.20. The quantitative estimate of drug-likeness (QED) is 0.432. The summed E-state index contributed by atoms with van der Waals surface area (Å²) in [5.41, 5.74) is 1.33. The largest absolute Gasteiger partial charge is 0.444 e. The lowest BCUT2D eigenvalue weighted by molar-refractivity contribution is -0.00336. The molecule has 4 aliphatic rings. The van der Waals surface area contributed by atoms with Crippen molar-refractivity contribution in [3.05, 3.63) is 41.9 Å². The second-order valence-corrected chi connectivity index (χ2v) is 14.4. The van der Waals surface area contributed by atoms with Gasteiger partial charge in [0.1, 0.15) is 22.8 Å². The van der Waals surface area contributed by atoms with Crippen LogP contribution in [0.25, 0.3) is 11.0 Å². The van der Waals surface area contributed by atoms with Crippen LogP contribution >= 0.6 is 0 Å². The molecule has 7 rings (SSSR count). The number of piperazine rings is 1. The second kappa shape index (κ2) is 11.0. The molecule has 2 aliphatic heterocycles. The fourth-order valence-electron chi connectivity index (χ4n) is 7.90. The average molecular weight is 615 g/mol. The monoisotopic (exact) mass is 614 g/mol. The highest BCUT2D eigenvalue weighted by atomic mass is 16.6. The maximum Gasteiger partial charge on any atom is 0.410 e. The number of aromatic nitrogens is 4. The number of carbonyl (C=O) groups excluding carboxylic acids is 3.